The molecule has 3 aromatic carbocycles. The van der Waals surface area contributed by atoms with Crippen LogP contribution in [0.2, 0.25) is 0 Å². The largest absolute Gasteiger partial charge is 0.489 e. The molecule has 3 aromatic rings. The summed E-state index contributed by atoms with van der Waals surface area (Å²) >= 11 is 0. The van der Waals surface area contributed by atoms with Crippen molar-refractivity contribution in [3.63, 3.8) is 0 Å². The number of halogens is 2. The molecule has 0 aliphatic carbocycles. The van der Waals surface area contributed by atoms with Crippen LogP contribution in [0.4, 0.5) is 8.78 Å². The third-order valence-electron chi connectivity index (χ3n) is 3.90. The van der Waals surface area contributed by atoms with Crippen molar-refractivity contribution >= 4 is 11.8 Å². The lowest BCUT2D eigenvalue weighted by Crippen LogP contribution is -2.15. The average molecular weight is 382 g/mol. The van der Waals surface area contributed by atoms with Crippen molar-refractivity contribution in [1.29, 1.82) is 0 Å². The molecule has 0 N–H and O–H groups in total. The van der Waals surface area contributed by atoms with E-state index in [1.165, 1.54) is 42.5 Å². The summed E-state index contributed by atoms with van der Waals surface area (Å²) in [5.74, 6) is -1.94. The Morgan fingerprint density at radius 2 is 1.61 bits per heavy atom. The van der Waals surface area contributed by atoms with Crippen LogP contribution >= 0.6 is 0 Å². The Bertz CT molecular complexity index is 984. The molecule has 3 rings (SSSR count). The molecule has 0 spiro atoms. The maximum absolute atomic E-state index is 13.6. The molecule has 28 heavy (non-hydrogen) atoms. The molecule has 0 fully saturated rings. The zero-order valence-corrected chi connectivity index (χ0v) is 14.7. The predicted molar refractivity (Wildman–Crippen MR) is 98.2 cm³/mol. The zero-order valence-electron chi connectivity index (χ0n) is 14.7. The Morgan fingerprint density at radius 3 is 2.36 bits per heavy atom. The van der Waals surface area contributed by atoms with Gasteiger partial charge in [-0.1, -0.05) is 30.3 Å². The highest BCUT2D eigenvalue weighted by atomic mass is 19.1. The molecule has 0 aliphatic heterocycles. The normalized spacial score (nSPS) is 10.4. The minimum Gasteiger partial charge on any atom is -0.489 e. The maximum atomic E-state index is 13.6. The average Bonchev–Trinajstić information content (AvgIpc) is 2.72. The fourth-order valence-corrected chi connectivity index (χ4v) is 2.44. The maximum Gasteiger partial charge on any atom is 0.338 e. The number of benzene rings is 3. The number of hydrogen-bond donors (Lipinski definition) is 0. The number of esters is 1. The van der Waals surface area contributed by atoms with Crippen molar-refractivity contribution < 1.29 is 27.8 Å². The molecule has 0 aliphatic rings. The van der Waals surface area contributed by atoms with Crippen LogP contribution < -0.4 is 4.74 Å². The van der Waals surface area contributed by atoms with E-state index in [4.69, 9.17) is 9.47 Å². The lowest BCUT2D eigenvalue weighted by Gasteiger charge is -2.09. The lowest BCUT2D eigenvalue weighted by molar-refractivity contribution is 0.0473. The minimum absolute atomic E-state index is 0.133. The molecular formula is C22H16F2O4. The monoisotopic (exact) mass is 382 g/mol. The summed E-state index contributed by atoms with van der Waals surface area (Å²) in [5, 5.41) is 0. The first-order chi connectivity index (χ1) is 13.5. The Kier molecular flexibility index (Phi) is 6.11. The van der Waals surface area contributed by atoms with E-state index in [-0.39, 0.29) is 23.6 Å². The van der Waals surface area contributed by atoms with Gasteiger partial charge in [0, 0.05) is 0 Å². The van der Waals surface area contributed by atoms with Gasteiger partial charge < -0.3 is 9.47 Å². The fraction of sp³-hybridized carbons (Fsp3) is 0.0909. The SMILES string of the molecule is O=C(OCC(=O)c1ccccc1F)c1cccc(OCc2ccc(F)cc2)c1. The highest BCUT2D eigenvalue weighted by Gasteiger charge is 2.15. The van der Waals surface area contributed by atoms with Crippen molar-refractivity contribution in [2.24, 2.45) is 0 Å². The summed E-state index contributed by atoms with van der Waals surface area (Å²) in [4.78, 5) is 24.1. The van der Waals surface area contributed by atoms with Crippen LogP contribution in [0.15, 0.2) is 72.8 Å². The van der Waals surface area contributed by atoms with Gasteiger partial charge in [-0.3, -0.25) is 4.79 Å². The molecule has 0 atom stereocenters. The number of carbonyl (C=O) groups excluding carboxylic acids is 2. The van der Waals surface area contributed by atoms with E-state index >= 15 is 0 Å². The number of Topliss-reactive ketones (excluding diaryl/α,β-unsaturated/α-hetero) is 1. The van der Waals surface area contributed by atoms with Gasteiger partial charge in [-0.05, 0) is 48.0 Å². The van der Waals surface area contributed by atoms with Gasteiger partial charge in [0.05, 0.1) is 11.1 Å². The summed E-state index contributed by atoms with van der Waals surface area (Å²) in [6.45, 7) is -0.370. The first-order valence-corrected chi connectivity index (χ1v) is 8.45. The van der Waals surface area contributed by atoms with Gasteiger partial charge in [0.1, 0.15) is 24.0 Å². The summed E-state index contributed by atoms with van der Waals surface area (Å²) in [6, 6.07) is 17.6. The van der Waals surface area contributed by atoms with Gasteiger partial charge in [0.15, 0.2) is 6.61 Å². The van der Waals surface area contributed by atoms with Gasteiger partial charge >= 0.3 is 5.97 Å². The quantitative estimate of drug-likeness (QED) is 0.443. The molecule has 0 bridgehead atoms. The molecule has 0 aromatic heterocycles. The van der Waals surface area contributed by atoms with Crippen LogP contribution in [0.25, 0.3) is 0 Å². The highest BCUT2D eigenvalue weighted by Crippen LogP contribution is 2.17. The standard InChI is InChI=1S/C22H16F2O4/c23-17-10-8-15(9-11-17)13-27-18-5-3-4-16(12-18)22(26)28-14-21(25)19-6-1-2-7-20(19)24/h1-12H,13-14H2. The smallest absolute Gasteiger partial charge is 0.338 e. The predicted octanol–water partition coefficient (Wildman–Crippen LogP) is 4.58. The van der Waals surface area contributed by atoms with E-state index in [1.807, 2.05) is 0 Å². The third kappa shape index (κ3) is 5.01. The lowest BCUT2D eigenvalue weighted by atomic mass is 10.1. The summed E-state index contributed by atoms with van der Waals surface area (Å²) in [5.41, 5.74) is 0.828. The van der Waals surface area contributed by atoms with Crippen molar-refractivity contribution in [1.82, 2.24) is 0 Å². The van der Waals surface area contributed by atoms with Gasteiger partial charge in [-0.25, -0.2) is 13.6 Å². The van der Waals surface area contributed by atoms with Gasteiger partial charge in [-0.2, -0.15) is 0 Å². The number of hydrogen-bond acceptors (Lipinski definition) is 4. The van der Waals surface area contributed by atoms with E-state index in [9.17, 15) is 18.4 Å². The first kappa shape index (κ1) is 19.2. The van der Waals surface area contributed by atoms with Crippen LogP contribution in [0.5, 0.6) is 5.75 Å². The molecular weight excluding hydrogens is 366 g/mol. The molecule has 142 valence electrons. The highest BCUT2D eigenvalue weighted by molar-refractivity contribution is 5.99. The Balaban J connectivity index is 1.58. The molecule has 0 radical (unpaired) electrons. The van der Waals surface area contributed by atoms with E-state index in [0.717, 1.165) is 11.6 Å². The molecule has 6 heteroatoms. The van der Waals surface area contributed by atoms with Crippen molar-refractivity contribution in [2.45, 2.75) is 6.61 Å². The Labute approximate surface area is 160 Å². The molecule has 0 amide bonds. The van der Waals surface area contributed by atoms with E-state index in [1.54, 1.807) is 24.3 Å². The molecule has 0 heterocycles. The number of ether oxygens (including phenoxy) is 2. The molecule has 0 saturated carbocycles. The first-order valence-electron chi connectivity index (χ1n) is 8.45. The van der Waals surface area contributed by atoms with Crippen LogP contribution in [0, 0.1) is 11.6 Å². The second-order valence-electron chi connectivity index (χ2n) is 5.92. The van der Waals surface area contributed by atoms with Crippen LogP contribution in [0.3, 0.4) is 0 Å². The summed E-state index contributed by atoms with van der Waals surface area (Å²) in [7, 11) is 0. The molecule has 0 unspecified atom stereocenters. The third-order valence-corrected chi connectivity index (χ3v) is 3.90. The summed E-state index contributed by atoms with van der Waals surface area (Å²) in [6.07, 6.45) is 0. The second-order valence-corrected chi connectivity index (χ2v) is 5.92. The number of carbonyl (C=O) groups is 2. The van der Waals surface area contributed by atoms with Crippen molar-refractivity contribution in [3.05, 3.63) is 101 Å². The Morgan fingerprint density at radius 1 is 0.857 bits per heavy atom. The van der Waals surface area contributed by atoms with Crippen LogP contribution in [0.1, 0.15) is 26.3 Å². The summed E-state index contributed by atoms with van der Waals surface area (Å²) < 4.78 is 37.1. The topological polar surface area (TPSA) is 52.6 Å². The Hall–Kier alpha value is -3.54. The second kappa shape index (κ2) is 8.90. The molecule has 4 nitrogen and oxygen atoms in total. The fourth-order valence-electron chi connectivity index (χ4n) is 2.44. The number of rotatable bonds is 7. The van der Waals surface area contributed by atoms with Crippen molar-refractivity contribution in [2.75, 3.05) is 6.61 Å². The van der Waals surface area contributed by atoms with Crippen molar-refractivity contribution in [3.8, 4) is 5.75 Å². The van der Waals surface area contributed by atoms with Crippen LogP contribution in [-0.4, -0.2) is 18.4 Å². The van der Waals surface area contributed by atoms with E-state index < -0.39 is 24.2 Å². The van der Waals surface area contributed by atoms with Crippen LogP contribution in [-0.2, 0) is 11.3 Å². The number of ketones is 1. The van der Waals surface area contributed by atoms with E-state index in [0.29, 0.717) is 5.75 Å². The molecule has 0 saturated heterocycles. The van der Waals surface area contributed by atoms with Gasteiger partial charge in [-0.15, -0.1) is 0 Å². The van der Waals surface area contributed by atoms with E-state index in [2.05, 4.69) is 0 Å². The minimum atomic E-state index is -0.725. The van der Waals surface area contributed by atoms with Gasteiger partial charge in [0.25, 0.3) is 0 Å². The van der Waals surface area contributed by atoms with Gasteiger partial charge in [0.2, 0.25) is 5.78 Å². The zero-order chi connectivity index (χ0) is 19.9.